The summed E-state index contributed by atoms with van der Waals surface area (Å²) in [6.07, 6.45) is 0.812. The van der Waals surface area contributed by atoms with Crippen molar-refractivity contribution in [1.29, 1.82) is 0 Å². The van der Waals surface area contributed by atoms with Crippen molar-refractivity contribution in [2.24, 2.45) is 0 Å². The summed E-state index contributed by atoms with van der Waals surface area (Å²) in [6.45, 7) is 0.218. The number of rotatable bonds is 11. The lowest BCUT2D eigenvalue weighted by atomic mass is 10.2. The predicted molar refractivity (Wildman–Crippen MR) is 135 cm³/mol. The molecule has 8 heteroatoms. The monoisotopic (exact) mass is 532 g/mol. The van der Waals surface area contributed by atoms with E-state index in [1.165, 1.54) is 17.7 Å². The van der Waals surface area contributed by atoms with Crippen LogP contribution in [0.4, 0.5) is 5.69 Å². The number of carbonyl (C=O) groups excluding carboxylic acids is 1. The fourth-order valence-corrected chi connectivity index (χ4v) is 5.62. The molecule has 3 rings (SSSR count). The van der Waals surface area contributed by atoms with Gasteiger partial charge in [-0.1, -0.05) is 64.5 Å². The molecule has 0 radical (unpaired) electrons. The van der Waals surface area contributed by atoms with Crippen LogP contribution >= 0.6 is 27.7 Å². The van der Waals surface area contributed by atoms with Gasteiger partial charge in [0.25, 0.3) is 10.0 Å². The highest BCUT2D eigenvalue weighted by atomic mass is 79.9. The summed E-state index contributed by atoms with van der Waals surface area (Å²) in [4.78, 5) is 12.7. The SMILES string of the molecule is O=C(CN(c1ccc(Br)cc1)S(=O)(=O)c1ccccc1)NCCCSCc1ccccc1. The Morgan fingerprint density at radius 1 is 0.906 bits per heavy atom. The van der Waals surface area contributed by atoms with E-state index in [0.717, 1.165) is 26.7 Å². The van der Waals surface area contributed by atoms with Crippen LogP contribution in [0.5, 0.6) is 0 Å². The van der Waals surface area contributed by atoms with Gasteiger partial charge in [0, 0.05) is 16.8 Å². The summed E-state index contributed by atoms with van der Waals surface area (Å²) in [6, 6.07) is 25.3. The molecule has 0 fully saturated rings. The van der Waals surface area contributed by atoms with E-state index in [1.54, 1.807) is 42.5 Å². The van der Waals surface area contributed by atoms with E-state index in [2.05, 4.69) is 33.4 Å². The molecule has 0 aliphatic carbocycles. The van der Waals surface area contributed by atoms with Crippen LogP contribution in [-0.4, -0.2) is 33.2 Å². The van der Waals surface area contributed by atoms with Gasteiger partial charge in [-0.2, -0.15) is 11.8 Å². The second-order valence-electron chi connectivity index (χ2n) is 7.04. The minimum Gasteiger partial charge on any atom is -0.354 e. The maximum atomic E-state index is 13.2. The van der Waals surface area contributed by atoms with Crippen molar-refractivity contribution < 1.29 is 13.2 Å². The van der Waals surface area contributed by atoms with Crippen molar-refractivity contribution >= 4 is 49.3 Å². The number of hydrogen-bond donors (Lipinski definition) is 1. The summed E-state index contributed by atoms with van der Waals surface area (Å²) in [5, 5.41) is 2.85. The number of hydrogen-bond acceptors (Lipinski definition) is 4. The van der Waals surface area contributed by atoms with E-state index < -0.39 is 10.0 Å². The molecule has 32 heavy (non-hydrogen) atoms. The molecule has 0 bridgehead atoms. The summed E-state index contributed by atoms with van der Waals surface area (Å²) in [5.74, 6) is 1.51. The number of nitrogens with one attached hydrogen (secondary N) is 1. The number of anilines is 1. The largest absolute Gasteiger partial charge is 0.354 e. The summed E-state index contributed by atoms with van der Waals surface area (Å²) < 4.78 is 28.4. The molecule has 0 saturated heterocycles. The number of nitrogens with zero attached hydrogens (tertiary/aromatic N) is 1. The van der Waals surface area contributed by atoms with Crippen LogP contribution in [-0.2, 0) is 20.6 Å². The molecule has 0 aromatic heterocycles. The zero-order valence-electron chi connectivity index (χ0n) is 17.5. The minimum atomic E-state index is -3.88. The Balaban J connectivity index is 1.57. The van der Waals surface area contributed by atoms with Crippen LogP contribution in [0.1, 0.15) is 12.0 Å². The van der Waals surface area contributed by atoms with E-state index in [9.17, 15) is 13.2 Å². The highest BCUT2D eigenvalue weighted by Gasteiger charge is 2.26. The summed E-state index contributed by atoms with van der Waals surface area (Å²) in [5.41, 5.74) is 1.71. The second-order valence-corrected chi connectivity index (χ2v) is 10.9. The Hall–Kier alpha value is -2.29. The fraction of sp³-hybridized carbons (Fsp3) is 0.208. The third-order valence-electron chi connectivity index (χ3n) is 4.63. The van der Waals surface area contributed by atoms with E-state index in [4.69, 9.17) is 0 Å². The van der Waals surface area contributed by atoms with Crippen molar-refractivity contribution in [1.82, 2.24) is 5.32 Å². The van der Waals surface area contributed by atoms with Crippen molar-refractivity contribution in [2.75, 3.05) is 23.1 Å². The maximum Gasteiger partial charge on any atom is 0.264 e. The van der Waals surface area contributed by atoms with Gasteiger partial charge >= 0.3 is 0 Å². The van der Waals surface area contributed by atoms with Crippen molar-refractivity contribution in [3.05, 3.63) is 95.0 Å². The molecule has 5 nitrogen and oxygen atoms in total. The molecule has 1 N–H and O–H groups in total. The second kappa shape index (κ2) is 12.1. The van der Waals surface area contributed by atoms with Crippen LogP contribution in [0.25, 0.3) is 0 Å². The Morgan fingerprint density at radius 3 is 2.19 bits per heavy atom. The molecular weight excluding hydrogens is 508 g/mol. The molecule has 0 spiro atoms. The fourth-order valence-electron chi connectivity index (χ4n) is 2.99. The van der Waals surface area contributed by atoms with Crippen LogP contribution in [0, 0.1) is 0 Å². The van der Waals surface area contributed by atoms with Gasteiger partial charge < -0.3 is 5.32 Å². The molecule has 0 unspecified atom stereocenters. The van der Waals surface area contributed by atoms with E-state index in [-0.39, 0.29) is 17.3 Å². The summed E-state index contributed by atoms with van der Waals surface area (Å²) in [7, 11) is -3.88. The molecule has 0 heterocycles. The first-order valence-electron chi connectivity index (χ1n) is 10.2. The first kappa shape index (κ1) is 24.4. The van der Waals surface area contributed by atoms with Crippen LogP contribution < -0.4 is 9.62 Å². The molecule has 1 amide bonds. The minimum absolute atomic E-state index is 0.146. The highest BCUT2D eigenvalue weighted by Crippen LogP contribution is 2.25. The Bertz CT molecular complexity index is 1090. The number of benzene rings is 3. The zero-order chi connectivity index (χ0) is 22.8. The van der Waals surface area contributed by atoms with Crippen molar-refractivity contribution in [3.63, 3.8) is 0 Å². The molecule has 0 atom stereocenters. The summed E-state index contributed by atoms with van der Waals surface area (Å²) >= 11 is 5.17. The quantitative estimate of drug-likeness (QED) is 0.349. The Morgan fingerprint density at radius 2 is 1.53 bits per heavy atom. The molecule has 0 saturated carbocycles. The first-order valence-corrected chi connectivity index (χ1v) is 13.6. The predicted octanol–water partition coefficient (Wildman–Crippen LogP) is 5.08. The third kappa shape index (κ3) is 7.12. The maximum absolute atomic E-state index is 13.2. The van der Waals surface area contributed by atoms with E-state index in [1.807, 2.05) is 30.0 Å². The number of carbonyl (C=O) groups is 1. The van der Waals surface area contributed by atoms with Gasteiger partial charge in [-0.25, -0.2) is 8.42 Å². The van der Waals surface area contributed by atoms with E-state index in [0.29, 0.717) is 12.2 Å². The Labute approximate surface area is 202 Å². The lowest BCUT2D eigenvalue weighted by Crippen LogP contribution is -2.41. The zero-order valence-corrected chi connectivity index (χ0v) is 20.7. The van der Waals surface area contributed by atoms with Gasteiger partial charge in [0.05, 0.1) is 10.6 Å². The lowest BCUT2D eigenvalue weighted by Gasteiger charge is -2.24. The van der Waals surface area contributed by atoms with Gasteiger partial charge in [0.1, 0.15) is 6.54 Å². The normalized spacial score (nSPS) is 11.2. The van der Waals surface area contributed by atoms with Gasteiger partial charge in [0.2, 0.25) is 5.91 Å². The van der Waals surface area contributed by atoms with Gasteiger partial charge in [-0.3, -0.25) is 9.10 Å². The van der Waals surface area contributed by atoms with Crippen LogP contribution in [0.2, 0.25) is 0 Å². The average Bonchev–Trinajstić information content (AvgIpc) is 2.81. The van der Waals surface area contributed by atoms with Gasteiger partial charge in [-0.05, 0) is 54.1 Å². The van der Waals surface area contributed by atoms with Crippen LogP contribution in [0.3, 0.4) is 0 Å². The molecule has 3 aromatic rings. The topological polar surface area (TPSA) is 66.5 Å². The first-order chi connectivity index (χ1) is 15.5. The average molecular weight is 534 g/mol. The van der Waals surface area contributed by atoms with Crippen molar-refractivity contribution in [3.8, 4) is 0 Å². The van der Waals surface area contributed by atoms with E-state index >= 15 is 0 Å². The third-order valence-corrected chi connectivity index (χ3v) is 8.06. The number of halogens is 1. The number of sulfonamides is 1. The van der Waals surface area contributed by atoms with Crippen molar-refractivity contribution in [2.45, 2.75) is 17.1 Å². The van der Waals surface area contributed by atoms with Gasteiger partial charge in [0.15, 0.2) is 0 Å². The molecule has 168 valence electrons. The van der Waals surface area contributed by atoms with Gasteiger partial charge in [-0.15, -0.1) is 0 Å². The molecule has 0 aliphatic rings. The number of amides is 1. The molecule has 0 aliphatic heterocycles. The molecular formula is C24H25BrN2O3S2. The number of thioether (sulfide) groups is 1. The smallest absolute Gasteiger partial charge is 0.264 e. The standard InChI is InChI=1S/C24H25BrN2O3S2/c25-21-12-14-22(15-13-21)27(32(29,30)23-10-5-2-6-11-23)18-24(28)26-16-7-17-31-19-20-8-3-1-4-9-20/h1-6,8-15H,7,16-19H2,(H,26,28). The highest BCUT2D eigenvalue weighted by molar-refractivity contribution is 9.10. The lowest BCUT2D eigenvalue weighted by molar-refractivity contribution is -0.119. The van der Waals surface area contributed by atoms with Crippen LogP contribution in [0.15, 0.2) is 94.3 Å². The Kier molecular flexibility index (Phi) is 9.20. The molecule has 3 aromatic carbocycles.